The molecule has 96 valence electrons. The molecule has 1 nitrogen and oxygen atoms in total. The van der Waals surface area contributed by atoms with Crippen LogP contribution in [0.3, 0.4) is 0 Å². The Bertz CT molecular complexity index is 467. The Morgan fingerprint density at radius 1 is 1.33 bits per heavy atom. The fourth-order valence-corrected chi connectivity index (χ4v) is 3.07. The lowest BCUT2D eigenvalue weighted by molar-refractivity contribution is 0.584. The lowest BCUT2D eigenvalue weighted by Gasteiger charge is -2.17. The van der Waals surface area contributed by atoms with Gasteiger partial charge in [-0.1, -0.05) is 23.7 Å². The van der Waals surface area contributed by atoms with E-state index in [1.165, 1.54) is 11.1 Å². The molecule has 0 bridgehead atoms. The molecule has 0 radical (unpaired) electrons. The van der Waals surface area contributed by atoms with E-state index < -0.39 is 0 Å². The summed E-state index contributed by atoms with van der Waals surface area (Å²) < 4.78 is 0. The topological polar surface area (TPSA) is 12.0 Å². The van der Waals surface area contributed by atoms with Crippen molar-refractivity contribution in [3.8, 4) is 0 Å². The van der Waals surface area contributed by atoms with Crippen LogP contribution in [0.25, 0.3) is 0 Å². The van der Waals surface area contributed by atoms with E-state index in [0.29, 0.717) is 5.92 Å². The molecule has 0 fully saturated rings. The van der Waals surface area contributed by atoms with Crippen LogP contribution in [0.5, 0.6) is 0 Å². The van der Waals surface area contributed by atoms with Crippen LogP contribution in [0.4, 0.5) is 0 Å². The van der Waals surface area contributed by atoms with Gasteiger partial charge in [-0.25, -0.2) is 0 Å². The molecule has 2 aromatic rings. The third kappa shape index (κ3) is 3.84. The van der Waals surface area contributed by atoms with E-state index in [2.05, 4.69) is 34.3 Å². The molecule has 1 unspecified atom stereocenters. The molecular formula is C15H18ClNS. The Morgan fingerprint density at radius 3 is 2.89 bits per heavy atom. The summed E-state index contributed by atoms with van der Waals surface area (Å²) in [6, 6.07) is 10.4. The van der Waals surface area contributed by atoms with E-state index in [4.69, 9.17) is 11.6 Å². The monoisotopic (exact) mass is 279 g/mol. The third-order valence-corrected chi connectivity index (χ3v) is 4.10. The van der Waals surface area contributed by atoms with E-state index in [-0.39, 0.29) is 0 Å². The van der Waals surface area contributed by atoms with Crippen LogP contribution in [0.1, 0.15) is 23.5 Å². The molecule has 3 heteroatoms. The van der Waals surface area contributed by atoms with Crippen molar-refractivity contribution < 1.29 is 0 Å². The van der Waals surface area contributed by atoms with Crippen LogP contribution >= 0.6 is 22.9 Å². The van der Waals surface area contributed by atoms with Crippen LogP contribution < -0.4 is 5.32 Å². The van der Waals surface area contributed by atoms with Crippen molar-refractivity contribution in [2.75, 3.05) is 13.6 Å². The van der Waals surface area contributed by atoms with Crippen LogP contribution in [0.2, 0.25) is 5.02 Å². The molecule has 0 aliphatic carbocycles. The van der Waals surface area contributed by atoms with E-state index in [1.54, 1.807) is 11.3 Å². The van der Waals surface area contributed by atoms with Gasteiger partial charge in [0.2, 0.25) is 0 Å². The van der Waals surface area contributed by atoms with Gasteiger partial charge in [0.15, 0.2) is 0 Å². The van der Waals surface area contributed by atoms with E-state index in [0.717, 1.165) is 24.4 Å². The molecule has 0 aliphatic rings. The van der Waals surface area contributed by atoms with Crippen molar-refractivity contribution in [1.29, 1.82) is 0 Å². The zero-order valence-electron chi connectivity index (χ0n) is 10.5. The first kappa shape index (κ1) is 13.6. The Kier molecular flexibility index (Phi) is 5.24. The number of nitrogens with one attached hydrogen (secondary N) is 1. The van der Waals surface area contributed by atoms with E-state index >= 15 is 0 Å². The molecule has 1 atom stereocenters. The number of thiophene rings is 1. The summed E-state index contributed by atoms with van der Waals surface area (Å²) in [5, 5.41) is 8.47. The van der Waals surface area contributed by atoms with Crippen LogP contribution in [0, 0.1) is 0 Å². The molecule has 0 saturated heterocycles. The first-order valence-electron chi connectivity index (χ1n) is 6.20. The number of likely N-dealkylation sites (N-methyl/N-ethyl adjacent to an activating group) is 1. The SMILES string of the molecule is CNCC(CCc1ccsc1)c1cccc(Cl)c1. The lowest BCUT2D eigenvalue weighted by Crippen LogP contribution is -2.17. The Balaban J connectivity index is 2.03. The lowest BCUT2D eigenvalue weighted by atomic mass is 9.93. The van der Waals surface area contributed by atoms with Gasteiger partial charge in [0.1, 0.15) is 0 Å². The molecule has 1 heterocycles. The Morgan fingerprint density at radius 2 is 2.22 bits per heavy atom. The van der Waals surface area contributed by atoms with Crippen molar-refractivity contribution in [2.45, 2.75) is 18.8 Å². The number of aryl methyl sites for hydroxylation is 1. The molecule has 1 aromatic heterocycles. The normalized spacial score (nSPS) is 12.6. The predicted molar refractivity (Wildman–Crippen MR) is 80.8 cm³/mol. The molecule has 2 rings (SSSR count). The minimum atomic E-state index is 0.522. The fraction of sp³-hybridized carbons (Fsp3) is 0.333. The van der Waals surface area contributed by atoms with Crippen molar-refractivity contribution in [3.63, 3.8) is 0 Å². The first-order chi connectivity index (χ1) is 8.79. The summed E-state index contributed by atoms with van der Waals surface area (Å²) in [4.78, 5) is 0. The second kappa shape index (κ2) is 6.93. The Hall–Kier alpha value is -0.830. The zero-order chi connectivity index (χ0) is 12.8. The average molecular weight is 280 g/mol. The molecule has 0 spiro atoms. The maximum Gasteiger partial charge on any atom is 0.0408 e. The summed E-state index contributed by atoms with van der Waals surface area (Å²) >= 11 is 7.84. The summed E-state index contributed by atoms with van der Waals surface area (Å²) in [5.41, 5.74) is 2.76. The number of hydrogen-bond donors (Lipinski definition) is 1. The minimum absolute atomic E-state index is 0.522. The molecular weight excluding hydrogens is 262 g/mol. The molecule has 0 aliphatic heterocycles. The van der Waals surface area contributed by atoms with Crippen molar-refractivity contribution in [2.24, 2.45) is 0 Å². The summed E-state index contributed by atoms with van der Waals surface area (Å²) in [5.74, 6) is 0.522. The maximum atomic E-state index is 6.07. The summed E-state index contributed by atoms with van der Waals surface area (Å²) in [6.45, 7) is 0.991. The van der Waals surface area contributed by atoms with Gasteiger partial charge in [0.05, 0.1) is 0 Å². The highest BCUT2D eigenvalue weighted by atomic mass is 35.5. The van der Waals surface area contributed by atoms with Gasteiger partial charge in [-0.05, 0) is 65.9 Å². The molecule has 0 saturated carbocycles. The fourth-order valence-electron chi connectivity index (χ4n) is 2.17. The summed E-state index contributed by atoms with van der Waals surface area (Å²) in [6.07, 6.45) is 2.28. The minimum Gasteiger partial charge on any atom is -0.319 e. The number of halogens is 1. The van der Waals surface area contributed by atoms with Crippen molar-refractivity contribution >= 4 is 22.9 Å². The van der Waals surface area contributed by atoms with Crippen molar-refractivity contribution in [1.82, 2.24) is 5.32 Å². The first-order valence-corrected chi connectivity index (χ1v) is 7.53. The average Bonchev–Trinajstić information content (AvgIpc) is 2.87. The van der Waals surface area contributed by atoms with E-state index in [1.807, 2.05) is 19.2 Å². The largest absolute Gasteiger partial charge is 0.319 e. The molecule has 1 aromatic carbocycles. The Labute approximate surface area is 118 Å². The predicted octanol–water partition coefficient (Wildman–Crippen LogP) is 4.34. The maximum absolute atomic E-state index is 6.07. The van der Waals surface area contributed by atoms with Gasteiger partial charge in [-0.2, -0.15) is 11.3 Å². The number of hydrogen-bond acceptors (Lipinski definition) is 2. The second-order valence-corrected chi connectivity index (χ2v) is 5.70. The number of benzene rings is 1. The number of rotatable bonds is 6. The highest BCUT2D eigenvalue weighted by Gasteiger charge is 2.11. The highest BCUT2D eigenvalue weighted by Crippen LogP contribution is 2.24. The smallest absolute Gasteiger partial charge is 0.0408 e. The van der Waals surface area contributed by atoms with Crippen molar-refractivity contribution in [3.05, 3.63) is 57.2 Å². The van der Waals surface area contributed by atoms with Gasteiger partial charge in [0, 0.05) is 11.6 Å². The quantitative estimate of drug-likeness (QED) is 0.830. The summed E-state index contributed by atoms with van der Waals surface area (Å²) in [7, 11) is 2.00. The van der Waals surface area contributed by atoms with Crippen LogP contribution in [-0.4, -0.2) is 13.6 Å². The standard InChI is InChI=1S/C15H18ClNS/c1-17-10-14(6-5-12-7-8-18-11-12)13-3-2-4-15(16)9-13/h2-4,7-9,11,14,17H,5-6,10H2,1H3. The van der Waals surface area contributed by atoms with Crippen LogP contribution in [-0.2, 0) is 6.42 Å². The highest BCUT2D eigenvalue weighted by molar-refractivity contribution is 7.07. The molecule has 18 heavy (non-hydrogen) atoms. The van der Waals surface area contributed by atoms with Gasteiger partial charge in [-0.15, -0.1) is 0 Å². The molecule has 1 N–H and O–H groups in total. The van der Waals surface area contributed by atoms with Gasteiger partial charge < -0.3 is 5.32 Å². The second-order valence-electron chi connectivity index (χ2n) is 4.48. The third-order valence-electron chi connectivity index (χ3n) is 3.13. The molecule has 0 amide bonds. The van der Waals surface area contributed by atoms with Crippen LogP contribution in [0.15, 0.2) is 41.1 Å². The van der Waals surface area contributed by atoms with Gasteiger partial charge in [0.25, 0.3) is 0 Å². The van der Waals surface area contributed by atoms with Gasteiger partial charge in [-0.3, -0.25) is 0 Å². The zero-order valence-corrected chi connectivity index (χ0v) is 12.1. The van der Waals surface area contributed by atoms with E-state index in [9.17, 15) is 0 Å². The van der Waals surface area contributed by atoms with Gasteiger partial charge >= 0.3 is 0 Å².